The van der Waals surface area contributed by atoms with Gasteiger partial charge in [0, 0.05) is 12.4 Å². The van der Waals surface area contributed by atoms with Gasteiger partial charge in [-0.05, 0) is 29.8 Å². The first-order chi connectivity index (χ1) is 8.20. The summed E-state index contributed by atoms with van der Waals surface area (Å²) in [6.45, 7) is 0. The molecule has 1 aromatic carbocycles. The molecule has 0 unspecified atom stereocenters. The third-order valence-electron chi connectivity index (χ3n) is 2.48. The van der Waals surface area contributed by atoms with Crippen molar-refractivity contribution in [1.82, 2.24) is 4.57 Å². The van der Waals surface area contributed by atoms with Gasteiger partial charge in [-0.2, -0.15) is 0 Å². The number of hydrogen-bond acceptors (Lipinski definition) is 2. The van der Waals surface area contributed by atoms with E-state index in [4.69, 9.17) is 9.84 Å². The molecule has 0 radical (unpaired) electrons. The number of methoxy groups -OCH3 is 1. The van der Waals surface area contributed by atoms with Gasteiger partial charge in [-0.1, -0.05) is 6.07 Å². The minimum atomic E-state index is -0.839. The van der Waals surface area contributed by atoms with Gasteiger partial charge < -0.3 is 14.4 Å². The van der Waals surface area contributed by atoms with Crippen LogP contribution in [-0.2, 0) is 11.2 Å². The van der Waals surface area contributed by atoms with Crippen LogP contribution in [0.15, 0.2) is 42.7 Å². The zero-order valence-corrected chi connectivity index (χ0v) is 9.46. The highest BCUT2D eigenvalue weighted by Crippen LogP contribution is 2.24. The molecule has 0 aliphatic rings. The molecule has 0 bridgehead atoms. The van der Waals surface area contributed by atoms with Crippen molar-refractivity contribution >= 4 is 5.97 Å². The molecule has 0 saturated carbocycles. The summed E-state index contributed by atoms with van der Waals surface area (Å²) in [6, 6.07) is 9.19. The topological polar surface area (TPSA) is 51.5 Å². The summed E-state index contributed by atoms with van der Waals surface area (Å²) in [5.41, 5.74) is 1.60. The summed E-state index contributed by atoms with van der Waals surface area (Å²) in [7, 11) is 1.60. The number of nitrogens with zero attached hydrogens (tertiary/aromatic N) is 1. The second-order valence-corrected chi connectivity index (χ2v) is 3.67. The Kier molecular flexibility index (Phi) is 3.14. The molecule has 0 spiro atoms. The van der Waals surface area contributed by atoms with E-state index in [0.29, 0.717) is 0 Å². The van der Waals surface area contributed by atoms with Gasteiger partial charge in [-0.15, -0.1) is 0 Å². The molecule has 1 N–H and O–H groups in total. The average Bonchev–Trinajstić information content (AvgIpc) is 2.81. The largest absolute Gasteiger partial charge is 0.495 e. The molecule has 88 valence electrons. The summed E-state index contributed by atoms with van der Waals surface area (Å²) in [5.74, 6) is -0.121. The van der Waals surface area contributed by atoms with Crippen molar-refractivity contribution in [1.29, 1.82) is 0 Å². The van der Waals surface area contributed by atoms with Crippen LogP contribution in [0.5, 0.6) is 5.75 Å². The maximum Gasteiger partial charge on any atom is 0.307 e. The number of carboxylic acid groups (broad SMARTS) is 1. The van der Waals surface area contributed by atoms with E-state index in [1.165, 1.54) is 0 Å². The van der Waals surface area contributed by atoms with Crippen LogP contribution in [0, 0.1) is 0 Å². The van der Waals surface area contributed by atoms with Crippen molar-refractivity contribution < 1.29 is 14.6 Å². The Bertz CT molecular complexity index is 517. The van der Waals surface area contributed by atoms with E-state index in [9.17, 15) is 4.79 Å². The smallest absolute Gasteiger partial charge is 0.307 e. The van der Waals surface area contributed by atoms with E-state index in [0.717, 1.165) is 17.0 Å². The van der Waals surface area contributed by atoms with E-state index < -0.39 is 5.97 Å². The minimum absolute atomic E-state index is 0.0122. The molecule has 0 fully saturated rings. The predicted molar refractivity (Wildman–Crippen MR) is 63.7 cm³/mol. The first kappa shape index (κ1) is 11.3. The van der Waals surface area contributed by atoms with Crippen LogP contribution >= 0.6 is 0 Å². The molecule has 1 heterocycles. The maximum atomic E-state index is 10.7. The fourth-order valence-corrected chi connectivity index (χ4v) is 1.72. The zero-order chi connectivity index (χ0) is 12.3. The molecule has 0 amide bonds. The monoisotopic (exact) mass is 231 g/mol. The Balaban J connectivity index is 2.43. The minimum Gasteiger partial charge on any atom is -0.495 e. The number of hydrogen-bond donors (Lipinski definition) is 1. The summed E-state index contributed by atoms with van der Waals surface area (Å²) < 4.78 is 7.15. The third kappa shape index (κ3) is 2.47. The van der Waals surface area contributed by atoms with E-state index in [1.54, 1.807) is 19.2 Å². The highest BCUT2D eigenvalue weighted by molar-refractivity contribution is 5.71. The Hall–Kier alpha value is -2.23. The number of aliphatic carboxylic acids is 1. The normalized spacial score (nSPS) is 10.2. The van der Waals surface area contributed by atoms with E-state index >= 15 is 0 Å². The molecule has 0 aliphatic carbocycles. The molecular formula is C13H13NO3. The Labute approximate surface area is 99.1 Å². The van der Waals surface area contributed by atoms with E-state index in [-0.39, 0.29) is 6.42 Å². The molecule has 4 heteroatoms. The van der Waals surface area contributed by atoms with Crippen LogP contribution in [0.1, 0.15) is 5.56 Å². The summed E-state index contributed by atoms with van der Waals surface area (Å²) in [4.78, 5) is 10.7. The molecule has 0 atom stereocenters. The third-order valence-corrected chi connectivity index (χ3v) is 2.48. The van der Waals surface area contributed by atoms with Gasteiger partial charge in [0.15, 0.2) is 0 Å². The Morgan fingerprint density at radius 2 is 2.06 bits per heavy atom. The fourth-order valence-electron chi connectivity index (χ4n) is 1.72. The standard InChI is InChI=1S/C13H13NO3/c1-17-12-5-4-10(9-13(15)16)8-11(12)14-6-2-3-7-14/h2-8H,9H2,1H3,(H,15,16). The van der Waals surface area contributed by atoms with Crippen molar-refractivity contribution in [2.24, 2.45) is 0 Å². The number of rotatable bonds is 4. The van der Waals surface area contributed by atoms with Crippen molar-refractivity contribution in [2.75, 3.05) is 7.11 Å². The van der Waals surface area contributed by atoms with Crippen LogP contribution in [0.3, 0.4) is 0 Å². The zero-order valence-electron chi connectivity index (χ0n) is 9.46. The summed E-state index contributed by atoms with van der Waals surface area (Å²) >= 11 is 0. The van der Waals surface area contributed by atoms with Gasteiger partial charge in [-0.25, -0.2) is 0 Å². The molecule has 2 rings (SSSR count). The molecule has 0 aliphatic heterocycles. The average molecular weight is 231 g/mol. The Morgan fingerprint density at radius 1 is 1.35 bits per heavy atom. The predicted octanol–water partition coefficient (Wildman–Crippen LogP) is 2.11. The van der Waals surface area contributed by atoms with Crippen molar-refractivity contribution in [3.8, 4) is 11.4 Å². The van der Waals surface area contributed by atoms with Gasteiger partial charge >= 0.3 is 5.97 Å². The molecule has 0 saturated heterocycles. The lowest BCUT2D eigenvalue weighted by Crippen LogP contribution is -2.02. The highest BCUT2D eigenvalue weighted by atomic mass is 16.5. The second-order valence-electron chi connectivity index (χ2n) is 3.67. The van der Waals surface area contributed by atoms with Crippen LogP contribution in [0.2, 0.25) is 0 Å². The molecule has 1 aromatic heterocycles. The lowest BCUT2D eigenvalue weighted by atomic mass is 10.1. The number of carboxylic acids is 1. The van der Waals surface area contributed by atoms with Gasteiger partial charge in [0.1, 0.15) is 5.75 Å². The van der Waals surface area contributed by atoms with Crippen LogP contribution in [0.25, 0.3) is 5.69 Å². The first-order valence-corrected chi connectivity index (χ1v) is 5.23. The molecule has 2 aromatic rings. The van der Waals surface area contributed by atoms with Crippen LogP contribution in [0.4, 0.5) is 0 Å². The van der Waals surface area contributed by atoms with Crippen molar-refractivity contribution in [3.63, 3.8) is 0 Å². The van der Waals surface area contributed by atoms with Crippen molar-refractivity contribution in [2.45, 2.75) is 6.42 Å². The van der Waals surface area contributed by atoms with Gasteiger partial charge in [0.2, 0.25) is 0 Å². The number of aromatic nitrogens is 1. The summed E-state index contributed by atoms with van der Waals surface area (Å²) in [5, 5.41) is 8.78. The van der Waals surface area contributed by atoms with Gasteiger partial charge in [-0.3, -0.25) is 4.79 Å². The SMILES string of the molecule is COc1ccc(CC(=O)O)cc1-n1cccc1. The van der Waals surface area contributed by atoms with Gasteiger partial charge in [0.25, 0.3) is 0 Å². The van der Waals surface area contributed by atoms with E-state index in [2.05, 4.69) is 0 Å². The van der Waals surface area contributed by atoms with Gasteiger partial charge in [0.05, 0.1) is 19.2 Å². The number of benzene rings is 1. The van der Waals surface area contributed by atoms with Crippen molar-refractivity contribution in [3.05, 3.63) is 48.3 Å². The fraction of sp³-hybridized carbons (Fsp3) is 0.154. The number of ether oxygens (including phenoxy) is 1. The van der Waals surface area contributed by atoms with Crippen LogP contribution < -0.4 is 4.74 Å². The molecular weight excluding hydrogens is 218 g/mol. The summed E-state index contributed by atoms with van der Waals surface area (Å²) in [6.07, 6.45) is 3.79. The molecule has 17 heavy (non-hydrogen) atoms. The Morgan fingerprint density at radius 3 is 2.65 bits per heavy atom. The molecule has 4 nitrogen and oxygen atoms in total. The lowest BCUT2D eigenvalue weighted by Gasteiger charge is -2.11. The second kappa shape index (κ2) is 4.74. The maximum absolute atomic E-state index is 10.7. The van der Waals surface area contributed by atoms with E-state index in [1.807, 2.05) is 35.2 Å². The van der Waals surface area contributed by atoms with Crippen LogP contribution in [-0.4, -0.2) is 22.8 Å². The number of carbonyl (C=O) groups is 1. The first-order valence-electron chi connectivity index (χ1n) is 5.23. The lowest BCUT2D eigenvalue weighted by molar-refractivity contribution is -0.136. The quantitative estimate of drug-likeness (QED) is 0.876. The highest BCUT2D eigenvalue weighted by Gasteiger charge is 2.07.